The fraction of sp³-hybridized carbons (Fsp3) is 0.250. The Kier molecular flexibility index (Phi) is 9.96. The third-order valence-corrected chi connectivity index (χ3v) is 4.32. The topological polar surface area (TPSA) is 112 Å². The molecule has 2 N–H and O–H groups in total. The second-order valence-electron chi connectivity index (χ2n) is 6.54. The number of aliphatic hydroxyl groups excluding tert-OH is 2. The van der Waals surface area contributed by atoms with Crippen LogP contribution in [0.2, 0.25) is 0 Å². The van der Waals surface area contributed by atoms with Crippen LogP contribution in [0.1, 0.15) is 16.7 Å². The van der Waals surface area contributed by atoms with E-state index in [4.69, 9.17) is 18.9 Å². The molecule has 0 amide bonds. The zero-order valence-corrected chi connectivity index (χ0v) is 17.9. The second-order valence-corrected chi connectivity index (χ2v) is 6.54. The van der Waals surface area contributed by atoms with Crippen LogP contribution in [-0.4, -0.2) is 55.7 Å². The van der Waals surface area contributed by atoms with Crippen LogP contribution in [0.3, 0.4) is 0 Å². The van der Waals surface area contributed by atoms with Gasteiger partial charge in [0.15, 0.2) is 6.10 Å². The van der Waals surface area contributed by atoms with Crippen molar-refractivity contribution in [3.05, 3.63) is 71.3 Å². The van der Waals surface area contributed by atoms with Crippen molar-refractivity contribution >= 4 is 24.1 Å². The third kappa shape index (κ3) is 7.90. The average molecular weight is 442 g/mol. The minimum Gasteiger partial charge on any atom is -0.497 e. The van der Waals surface area contributed by atoms with E-state index in [1.807, 2.05) is 0 Å². The van der Waals surface area contributed by atoms with Gasteiger partial charge < -0.3 is 29.2 Å². The van der Waals surface area contributed by atoms with Gasteiger partial charge in [-0.3, -0.25) is 0 Å². The van der Waals surface area contributed by atoms with Crippen LogP contribution in [-0.2, 0) is 25.7 Å². The van der Waals surface area contributed by atoms with Gasteiger partial charge in [0.05, 0.1) is 27.4 Å². The Morgan fingerprint density at radius 1 is 0.906 bits per heavy atom. The second kappa shape index (κ2) is 12.9. The van der Waals surface area contributed by atoms with Crippen LogP contribution >= 0.6 is 0 Å². The molecule has 0 aliphatic heterocycles. The van der Waals surface area contributed by atoms with Crippen LogP contribution in [0.25, 0.3) is 12.2 Å². The van der Waals surface area contributed by atoms with E-state index in [0.29, 0.717) is 22.6 Å². The van der Waals surface area contributed by atoms with Gasteiger partial charge in [0, 0.05) is 17.7 Å². The smallest absolute Gasteiger partial charge is 0.331 e. The van der Waals surface area contributed by atoms with Crippen molar-refractivity contribution in [3.8, 4) is 11.5 Å². The standard InChI is InChI=1S/C24H26O8/c1-29-20-9-4-17(5-10-20)6-12-24(28)32-21(15-26)16-31-23(27)11-7-18-3-8-19(14-25)22(13-18)30-2/h3-13,21,25-26H,14-16H2,1-2H3. The van der Waals surface area contributed by atoms with E-state index >= 15 is 0 Å². The van der Waals surface area contributed by atoms with Gasteiger partial charge in [0.2, 0.25) is 0 Å². The van der Waals surface area contributed by atoms with Crippen molar-refractivity contribution in [2.24, 2.45) is 0 Å². The van der Waals surface area contributed by atoms with Gasteiger partial charge in [0.1, 0.15) is 18.1 Å². The van der Waals surface area contributed by atoms with Gasteiger partial charge in [-0.1, -0.05) is 24.3 Å². The highest BCUT2D eigenvalue weighted by atomic mass is 16.6. The molecule has 0 aliphatic rings. The Bertz CT molecular complexity index is 947. The first kappa shape index (κ1) is 24.6. The maximum atomic E-state index is 11.9. The molecule has 1 atom stereocenters. The lowest BCUT2D eigenvalue weighted by molar-refractivity contribution is -0.154. The summed E-state index contributed by atoms with van der Waals surface area (Å²) in [7, 11) is 3.05. The minimum absolute atomic E-state index is 0.161. The number of benzene rings is 2. The van der Waals surface area contributed by atoms with Crippen LogP contribution in [0.15, 0.2) is 54.6 Å². The van der Waals surface area contributed by atoms with Crippen LogP contribution < -0.4 is 9.47 Å². The van der Waals surface area contributed by atoms with Gasteiger partial charge >= 0.3 is 11.9 Å². The number of ether oxygens (including phenoxy) is 4. The predicted octanol–water partition coefficient (Wildman–Crippen LogP) is 2.37. The van der Waals surface area contributed by atoms with E-state index in [1.165, 1.54) is 25.3 Å². The first-order valence-corrected chi connectivity index (χ1v) is 9.75. The summed E-state index contributed by atoms with van der Waals surface area (Å²) in [5.41, 5.74) is 2.06. The fourth-order valence-corrected chi connectivity index (χ4v) is 2.59. The number of hydrogen-bond acceptors (Lipinski definition) is 8. The normalized spacial score (nSPS) is 12.0. The third-order valence-electron chi connectivity index (χ3n) is 4.32. The van der Waals surface area contributed by atoms with Crippen molar-refractivity contribution in [2.45, 2.75) is 12.7 Å². The Morgan fingerprint density at radius 3 is 2.19 bits per heavy atom. The Morgan fingerprint density at radius 2 is 1.56 bits per heavy atom. The highest BCUT2D eigenvalue weighted by Gasteiger charge is 2.14. The number of hydrogen-bond donors (Lipinski definition) is 2. The number of rotatable bonds is 11. The summed E-state index contributed by atoms with van der Waals surface area (Å²) in [6.45, 7) is -0.959. The summed E-state index contributed by atoms with van der Waals surface area (Å²) in [6.07, 6.45) is 4.50. The molecule has 0 heterocycles. The van der Waals surface area contributed by atoms with Crippen molar-refractivity contribution in [2.75, 3.05) is 27.4 Å². The zero-order valence-electron chi connectivity index (χ0n) is 17.9. The number of esters is 2. The largest absolute Gasteiger partial charge is 0.497 e. The number of carbonyl (C=O) groups excluding carboxylic acids is 2. The van der Waals surface area contributed by atoms with Crippen LogP contribution in [0.5, 0.6) is 11.5 Å². The van der Waals surface area contributed by atoms with E-state index in [1.54, 1.807) is 55.7 Å². The molecule has 0 radical (unpaired) electrons. The monoisotopic (exact) mass is 442 g/mol. The molecule has 170 valence electrons. The Balaban J connectivity index is 1.84. The van der Waals surface area contributed by atoms with E-state index in [2.05, 4.69) is 0 Å². The van der Waals surface area contributed by atoms with E-state index < -0.39 is 24.6 Å². The van der Waals surface area contributed by atoms with Crippen LogP contribution in [0.4, 0.5) is 0 Å². The van der Waals surface area contributed by atoms with Gasteiger partial charge in [0.25, 0.3) is 0 Å². The summed E-state index contributed by atoms with van der Waals surface area (Å²) < 4.78 is 20.4. The molecule has 2 aromatic rings. The molecule has 2 rings (SSSR count). The molecule has 2 aromatic carbocycles. The van der Waals surface area contributed by atoms with Gasteiger partial charge in [-0.2, -0.15) is 0 Å². The van der Waals surface area contributed by atoms with E-state index in [0.717, 1.165) is 5.56 Å². The molecule has 0 aromatic heterocycles. The molecule has 0 bridgehead atoms. The van der Waals surface area contributed by atoms with Gasteiger partial charge in [-0.05, 0) is 41.5 Å². The lowest BCUT2D eigenvalue weighted by atomic mass is 10.1. The summed E-state index contributed by atoms with van der Waals surface area (Å²) >= 11 is 0. The van der Waals surface area contributed by atoms with Gasteiger partial charge in [-0.15, -0.1) is 0 Å². The molecule has 0 saturated heterocycles. The summed E-state index contributed by atoms with van der Waals surface area (Å²) in [5.74, 6) is -0.152. The lowest BCUT2D eigenvalue weighted by Crippen LogP contribution is -2.27. The summed E-state index contributed by atoms with van der Waals surface area (Å²) in [6, 6.07) is 12.1. The molecule has 0 aliphatic carbocycles. The van der Waals surface area contributed by atoms with Crippen molar-refractivity contribution in [1.82, 2.24) is 0 Å². The Hall–Kier alpha value is -3.62. The van der Waals surface area contributed by atoms with Crippen LogP contribution in [0, 0.1) is 0 Å². The lowest BCUT2D eigenvalue weighted by Gasteiger charge is -2.13. The van der Waals surface area contributed by atoms with E-state index in [9.17, 15) is 19.8 Å². The quantitative estimate of drug-likeness (QED) is 0.403. The van der Waals surface area contributed by atoms with Crippen molar-refractivity contribution < 1.29 is 38.7 Å². The first-order valence-electron chi connectivity index (χ1n) is 9.75. The molecule has 8 nitrogen and oxygen atoms in total. The molecular formula is C24H26O8. The molecular weight excluding hydrogens is 416 g/mol. The Labute approximate surface area is 186 Å². The summed E-state index contributed by atoms with van der Waals surface area (Å²) in [4.78, 5) is 23.9. The first-order chi connectivity index (χ1) is 15.5. The highest BCUT2D eigenvalue weighted by Crippen LogP contribution is 2.21. The van der Waals surface area contributed by atoms with E-state index in [-0.39, 0.29) is 13.2 Å². The summed E-state index contributed by atoms with van der Waals surface area (Å²) in [5, 5.41) is 18.6. The maximum absolute atomic E-state index is 11.9. The molecule has 0 fully saturated rings. The molecule has 32 heavy (non-hydrogen) atoms. The predicted molar refractivity (Wildman–Crippen MR) is 118 cm³/mol. The SMILES string of the molecule is COc1ccc(C=CC(=O)OC(CO)COC(=O)C=Cc2ccc(CO)c(OC)c2)cc1. The minimum atomic E-state index is -0.996. The fourth-order valence-electron chi connectivity index (χ4n) is 2.59. The number of methoxy groups -OCH3 is 2. The van der Waals surface area contributed by atoms with Crippen molar-refractivity contribution in [1.29, 1.82) is 0 Å². The van der Waals surface area contributed by atoms with Gasteiger partial charge in [-0.25, -0.2) is 9.59 Å². The molecule has 1 unspecified atom stereocenters. The average Bonchev–Trinajstić information content (AvgIpc) is 2.83. The molecule has 0 saturated carbocycles. The van der Waals surface area contributed by atoms with Crippen molar-refractivity contribution in [3.63, 3.8) is 0 Å². The zero-order chi connectivity index (χ0) is 23.3. The molecule has 8 heteroatoms. The maximum Gasteiger partial charge on any atom is 0.331 e. The number of aliphatic hydroxyl groups is 2. The number of carbonyl (C=O) groups is 2. The molecule has 0 spiro atoms. The highest BCUT2D eigenvalue weighted by molar-refractivity contribution is 5.88.